The zero-order valence-electron chi connectivity index (χ0n) is 7.67. The van der Waals surface area contributed by atoms with Crippen molar-refractivity contribution >= 4 is 6.29 Å². The van der Waals surface area contributed by atoms with E-state index in [-0.39, 0.29) is 0 Å². The summed E-state index contributed by atoms with van der Waals surface area (Å²) in [7, 11) is 0. The molecule has 2 heteroatoms. The fourth-order valence-corrected chi connectivity index (χ4v) is 0.938. The van der Waals surface area contributed by atoms with Gasteiger partial charge in [0.05, 0.1) is 11.8 Å². The van der Waals surface area contributed by atoms with E-state index in [0.29, 0.717) is 17.6 Å². The van der Waals surface area contributed by atoms with Crippen molar-refractivity contribution in [3.8, 4) is 11.8 Å². The van der Waals surface area contributed by atoms with Crippen LogP contribution in [0.3, 0.4) is 0 Å². The van der Waals surface area contributed by atoms with Crippen LogP contribution in [0.25, 0.3) is 0 Å². The first-order valence-corrected chi connectivity index (χ1v) is 4.40. The number of carbonyl (C=O) groups excluding carboxylic acids is 1. The Kier molecular flexibility index (Phi) is 3.84. The molecule has 1 rings (SSSR count). The van der Waals surface area contributed by atoms with Gasteiger partial charge < -0.3 is 4.42 Å². The zero-order valence-corrected chi connectivity index (χ0v) is 7.67. The third kappa shape index (κ3) is 2.79. The lowest BCUT2D eigenvalue weighted by molar-refractivity contribution is 0.110. The number of furan rings is 1. The Bertz CT molecular complexity index is 325. The summed E-state index contributed by atoms with van der Waals surface area (Å²) in [6.07, 6.45) is 5.28. The third-order valence-electron chi connectivity index (χ3n) is 1.68. The Morgan fingerprint density at radius 3 is 3.15 bits per heavy atom. The molecule has 68 valence electrons. The predicted octanol–water partition coefficient (Wildman–Crippen LogP) is 2.63. The van der Waals surface area contributed by atoms with Crippen LogP contribution in [0, 0.1) is 11.8 Å². The molecule has 0 aromatic carbocycles. The molecule has 0 saturated carbocycles. The van der Waals surface area contributed by atoms with Gasteiger partial charge in [-0.25, -0.2) is 0 Å². The van der Waals surface area contributed by atoms with E-state index in [0.717, 1.165) is 19.3 Å². The molecule has 1 heterocycles. The molecule has 0 saturated heterocycles. The van der Waals surface area contributed by atoms with Crippen molar-refractivity contribution in [1.82, 2.24) is 0 Å². The van der Waals surface area contributed by atoms with Crippen molar-refractivity contribution < 1.29 is 9.21 Å². The summed E-state index contributed by atoms with van der Waals surface area (Å²) >= 11 is 0. The molecule has 0 N–H and O–H groups in total. The fourth-order valence-electron chi connectivity index (χ4n) is 0.938. The number of carbonyl (C=O) groups is 1. The predicted molar refractivity (Wildman–Crippen MR) is 50.5 cm³/mol. The maximum atomic E-state index is 10.4. The summed E-state index contributed by atoms with van der Waals surface area (Å²) in [6.45, 7) is 2.12. The van der Waals surface area contributed by atoms with Crippen molar-refractivity contribution in [3.63, 3.8) is 0 Å². The third-order valence-corrected chi connectivity index (χ3v) is 1.68. The molecule has 1 aromatic heterocycles. The van der Waals surface area contributed by atoms with Crippen LogP contribution in [-0.2, 0) is 0 Å². The van der Waals surface area contributed by atoms with Gasteiger partial charge in [-0.05, 0) is 12.5 Å². The topological polar surface area (TPSA) is 30.2 Å². The van der Waals surface area contributed by atoms with Gasteiger partial charge in [0.25, 0.3) is 0 Å². The maximum absolute atomic E-state index is 10.4. The van der Waals surface area contributed by atoms with E-state index in [1.165, 1.54) is 6.26 Å². The van der Waals surface area contributed by atoms with E-state index >= 15 is 0 Å². The number of hydrogen-bond donors (Lipinski definition) is 0. The minimum absolute atomic E-state index is 0.323. The lowest BCUT2D eigenvalue weighted by Crippen LogP contribution is -1.78. The van der Waals surface area contributed by atoms with Gasteiger partial charge in [-0.2, -0.15) is 0 Å². The van der Waals surface area contributed by atoms with Crippen molar-refractivity contribution in [1.29, 1.82) is 0 Å². The first kappa shape index (κ1) is 9.60. The molecule has 0 amide bonds. The Morgan fingerprint density at radius 1 is 1.62 bits per heavy atom. The van der Waals surface area contributed by atoms with E-state index in [2.05, 4.69) is 18.8 Å². The second-order valence-electron chi connectivity index (χ2n) is 2.72. The summed E-state index contributed by atoms with van der Waals surface area (Å²) in [6, 6.07) is 1.71. The highest BCUT2D eigenvalue weighted by Crippen LogP contribution is 2.05. The highest BCUT2D eigenvalue weighted by molar-refractivity contribution is 5.75. The van der Waals surface area contributed by atoms with E-state index < -0.39 is 0 Å². The number of unbranched alkanes of at least 4 members (excludes halogenated alkanes) is 2. The SMILES string of the molecule is CCCCC#Cc1ccoc1C=O. The van der Waals surface area contributed by atoms with Gasteiger partial charge in [-0.15, -0.1) is 0 Å². The molecule has 0 aliphatic rings. The fraction of sp³-hybridized carbons (Fsp3) is 0.364. The van der Waals surface area contributed by atoms with E-state index in [9.17, 15) is 4.79 Å². The molecule has 1 aromatic rings. The van der Waals surface area contributed by atoms with Crippen molar-refractivity contribution in [2.75, 3.05) is 0 Å². The van der Waals surface area contributed by atoms with Crippen molar-refractivity contribution in [3.05, 3.63) is 23.7 Å². The van der Waals surface area contributed by atoms with Crippen molar-refractivity contribution in [2.24, 2.45) is 0 Å². The first-order valence-electron chi connectivity index (χ1n) is 4.40. The summed E-state index contributed by atoms with van der Waals surface area (Å²) in [5.74, 6) is 6.22. The van der Waals surface area contributed by atoms with Gasteiger partial charge in [-0.3, -0.25) is 4.79 Å². The molecule has 0 atom stereocenters. The van der Waals surface area contributed by atoms with Crippen LogP contribution in [0.5, 0.6) is 0 Å². The Morgan fingerprint density at radius 2 is 2.46 bits per heavy atom. The van der Waals surface area contributed by atoms with Gasteiger partial charge in [0.1, 0.15) is 0 Å². The van der Waals surface area contributed by atoms with Crippen LogP contribution in [0.4, 0.5) is 0 Å². The molecule has 0 aliphatic carbocycles. The lowest BCUT2D eigenvalue weighted by atomic mass is 10.2. The van der Waals surface area contributed by atoms with Gasteiger partial charge in [0.15, 0.2) is 12.0 Å². The van der Waals surface area contributed by atoms with Gasteiger partial charge in [-0.1, -0.05) is 25.2 Å². The van der Waals surface area contributed by atoms with Crippen LogP contribution >= 0.6 is 0 Å². The van der Waals surface area contributed by atoms with E-state index in [4.69, 9.17) is 4.42 Å². The molecule has 0 bridgehead atoms. The van der Waals surface area contributed by atoms with Gasteiger partial charge in [0, 0.05) is 6.42 Å². The lowest BCUT2D eigenvalue weighted by Gasteiger charge is -1.84. The Balaban J connectivity index is 2.60. The number of aldehydes is 1. The van der Waals surface area contributed by atoms with Crippen molar-refractivity contribution in [2.45, 2.75) is 26.2 Å². The standard InChI is InChI=1S/C11H12O2/c1-2-3-4-5-6-10-7-8-13-11(10)9-12/h7-9H,2-4H2,1H3. The number of hydrogen-bond acceptors (Lipinski definition) is 2. The second kappa shape index (κ2) is 5.21. The Labute approximate surface area is 77.9 Å². The van der Waals surface area contributed by atoms with E-state index in [1.54, 1.807) is 6.07 Å². The molecular formula is C11H12O2. The van der Waals surface area contributed by atoms with E-state index in [1.807, 2.05) is 0 Å². The zero-order chi connectivity index (χ0) is 9.52. The Hall–Kier alpha value is -1.49. The molecule has 0 unspecified atom stereocenters. The minimum atomic E-state index is 0.323. The summed E-state index contributed by atoms with van der Waals surface area (Å²) < 4.78 is 4.90. The summed E-state index contributed by atoms with van der Waals surface area (Å²) in [5, 5.41) is 0. The smallest absolute Gasteiger partial charge is 0.186 e. The largest absolute Gasteiger partial charge is 0.460 e. The highest BCUT2D eigenvalue weighted by Gasteiger charge is 1.99. The minimum Gasteiger partial charge on any atom is -0.460 e. The van der Waals surface area contributed by atoms with Gasteiger partial charge in [0.2, 0.25) is 0 Å². The molecule has 0 fully saturated rings. The molecule has 2 nitrogen and oxygen atoms in total. The van der Waals surface area contributed by atoms with Gasteiger partial charge >= 0.3 is 0 Å². The van der Waals surface area contributed by atoms with Crippen LogP contribution in [0.2, 0.25) is 0 Å². The van der Waals surface area contributed by atoms with Crippen LogP contribution < -0.4 is 0 Å². The average molecular weight is 176 g/mol. The van der Waals surface area contributed by atoms with Crippen LogP contribution in [0.15, 0.2) is 16.7 Å². The molecule has 0 spiro atoms. The summed E-state index contributed by atoms with van der Waals surface area (Å²) in [4.78, 5) is 10.4. The monoisotopic (exact) mass is 176 g/mol. The highest BCUT2D eigenvalue weighted by atomic mass is 16.3. The molecular weight excluding hydrogens is 164 g/mol. The van der Waals surface area contributed by atoms with Crippen LogP contribution in [0.1, 0.15) is 42.3 Å². The second-order valence-corrected chi connectivity index (χ2v) is 2.72. The number of rotatable bonds is 3. The normalized spacial score (nSPS) is 9.00. The van der Waals surface area contributed by atoms with Crippen LogP contribution in [-0.4, -0.2) is 6.29 Å². The molecule has 0 radical (unpaired) electrons. The molecule has 13 heavy (non-hydrogen) atoms. The average Bonchev–Trinajstić information content (AvgIpc) is 2.60. The first-order chi connectivity index (χ1) is 6.38. The summed E-state index contributed by atoms with van der Waals surface area (Å²) in [5.41, 5.74) is 0.686. The maximum Gasteiger partial charge on any atom is 0.186 e. The molecule has 0 aliphatic heterocycles. The quantitative estimate of drug-likeness (QED) is 0.402.